The van der Waals surface area contributed by atoms with Crippen LogP contribution in [0.3, 0.4) is 0 Å². The molecule has 1 saturated carbocycles. The van der Waals surface area contributed by atoms with Gasteiger partial charge in [-0.25, -0.2) is 0 Å². The highest BCUT2D eigenvalue weighted by molar-refractivity contribution is 6.99. The van der Waals surface area contributed by atoms with Crippen molar-refractivity contribution < 1.29 is 14.5 Å². The molecule has 3 aromatic rings. The van der Waals surface area contributed by atoms with E-state index in [1.165, 1.54) is 10.4 Å². The Bertz CT molecular complexity index is 1070. The van der Waals surface area contributed by atoms with Crippen LogP contribution in [0.1, 0.15) is 32.8 Å². The van der Waals surface area contributed by atoms with Gasteiger partial charge in [0, 0.05) is 18.1 Å². The van der Waals surface area contributed by atoms with Crippen molar-refractivity contribution in [1.82, 2.24) is 0 Å². The summed E-state index contributed by atoms with van der Waals surface area (Å²) in [5.74, 6) is 7.40. The van der Waals surface area contributed by atoms with Gasteiger partial charge in [0.05, 0.1) is 0 Å². The highest BCUT2D eigenvalue weighted by Crippen LogP contribution is 2.42. The molecule has 0 aromatic heterocycles. The molecule has 168 valence electrons. The Hall–Kier alpha value is -2.62. The van der Waals surface area contributed by atoms with Crippen LogP contribution in [0.25, 0.3) is 0 Å². The lowest BCUT2D eigenvalue weighted by molar-refractivity contribution is 0.278. The van der Waals surface area contributed by atoms with Crippen molar-refractivity contribution in [1.29, 1.82) is 0 Å². The van der Waals surface area contributed by atoms with Gasteiger partial charge in [0.15, 0.2) is 0 Å². The van der Waals surface area contributed by atoms with E-state index >= 15 is 0 Å². The van der Waals surface area contributed by atoms with E-state index in [0.717, 1.165) is 12.0 Å². The molecule has 4 rings (SSSR count). The van der Waals surface area contributed by atoms with Gasteiger partial charge < -0.3 is 14.5 Å². The Labute approximate surface area is 198 Å². The predicted octanol–water partition coefficient (Wildman–Crippen LogP) is 2.93. The molecule has 1 aliphatic rings. The van der Waals surface area contributed by atoms with E-state index in [0.29, 0.717) is 23.9 Å². The summed E-state index contributed by atoms with van der Waals surface area (Å²) in [6, 6.07) is 28.5. The molecule has 2 N–H and O–H groups in total. The molecule has 0 amide bonds. The summed E-state index contributed by atoms with van der Waals surface area (Å²) in [4.78, 5) is 0. The van der Waals surface area contributed by atoms with E-state index < -0.39 is 15.4 Å². The predicted molar refractivity (Wildman–Crippen MR) is 138 cm³/mol. The molecule has 3 aromatic carbocycles. The maximum Gasteiger partial charge on any atom is 0.488 e. The third-order valence-electron chi connectivity index (χ3n) is 6.46. The smallest absolute Gasteiger partial charge is 0.423 e. The molecule has 0 heterocycles. The first-order chi connectivity index (χ1) is 15.8. The molecule has 0 radical (unpaired) electrons. The summed E-state index contributed by atoms with van der Waals surface area (Å²) >= 11 is 0. The van der Waals surface area contributed by atoms with Crippen LogP contribution in [-0.2, 0) is 4.43 Å². The summed E-state index contributed by atoms with van der Waals surface area (Å²) in [7, 11) is -3.95. The lowest BCUT2D eigenvalue weighted by atomic mass is 9.80. The molecule has 1 fully saturated rings. The van der Waals surface area contributed by atoms with Gasteiger partial charge in [-0.2, -0.15) is 0 Å². The second-order valence-electron chi connectivity index (χ2n) is 9.84. The van der Waals surface area contributed by atoms with Gasteiger partial charge in [0.1, 0.15) is 0 Å². The average Bonchev–Trinajstić information content (AvgIpc) is 3.57. The molecule has 5 heteroatoms. The van der Waals surface area contributed by atoms with E-state index in [9.17, 15) is 10.0 Å². The van der Waals surface area contributed by atoms with E-state index in [1.54, 1.807) is 12.1 Å². The van der Waals surface area contributed by atoms with Gasteiger partial charge in [-0.05, 0) is 45.3 Å². The zero-order valence-electron chi connectivity index (χ0n) is 19.5. The fourth-order valence-electron chi connectivity index (χ4n) is 4.52. The van der Waals surface area contributed by atoms with Crippen LogP contribution in [0.4, 0.5) is 0 Å². The van der Waals surface area contributed by atoms with Crippen LogP contribution in [-0.4, -0.2) is 32.1 Å². The molecule has 0 bridgehead atoms. The third-order valence-corrected chi connectivity index (χ3v) is 11.5. The van der Waals surface area contributed by atoms with Gasteiger partial charge in [0.25, 0.3) is 8.32 Å². The van der Waals surface area contributed by atoms with Crippen LogP contribution in [0, 0.1) is 23.7 Å². The molecule has 2 unspecified atom stereocenters. The normalized spacial score (nSPS) is 17.7. The summed E-state index contributed by atoms with van der Waals surface area (Å²) in [5, 5.41) is 21.1. The van der Waals surface area contributed by atoms with Crippen molar-refractivity contribution in [3.63, 3.8) is 0 Å². The molecular weight excluding hydrogens is 423 g/mol. The van der Waals surface area contributed by atoms with Crippen LogP contribution in [0.15, 0.2) is 84.9 Å². The highest BCUT2D eigenvalue weighted by Gasteiger charge is 2.51. The third kappa shape index (κ3) is 5.15. The van der Waals surface area contributed by atoms with Crippen LogP contribution in [0.5, 0.6) is 0 Å². The van der Waals surface area contributed by atoms with E-state index in [4.69, 9.17) is 4.43 Å². The van der Waals surface area contributed by atoms with Gasteiger partial charge in [-0.15, -0.1) is 0 Å². The van der Waals surface area contributed by atoms with Crippen LogP contribution in [0.2, 0.25) is 5.04 Å². The van der Waals surface area contributed by atoms with Crippen molar-refractivity contribution in [2.24, 2.45) is 11.8 Å². The number of hydrogen-bond donors (Lipinski definition) is 2. The Morgan fingerprint density at radius 3 is 1.91 bits per heavy atom. The number of rotatable bonds is 6. The quantitative estimate of drug-likeness (QED) is 0.445. The minimum absolute atomic E-state index is 0.0230. The van der Waals surface area contributed by atoms with E-state index in [-0.39, 0.29) is 5.04 Å². The molecular formula is C28H31BO3Si. The topological polar surface area (TPSA) is 49.7 Å². The zero-order valence-corrected chi connectivity index (χ0v) is 20.5. The molecule has 0 aliphatic heterocycles. The van der Waals surface area contributed by atoms with Crippen LogP contribution < -0.4 is 15.8 Å². The molecule has 3 nitrogen and oxygen atoms in total. The lowest BCUT2D eigenvalue weighted by Gasteiger charge is -2.43. The summed E-state index contributed by atoms with van der Waals surface area (Å²) in [6.45, 7) is 7.62. The Morgan fingerprint density at radius 2 is 1.42 bits per heavy atom. The molecule has 2 atom stereocenters. The van der Waals surface area contributed by atoms with E-state index in [2.05, 4.69) is 93.3 Å². The van der Waals surface area contributed by atoms with Gasteiger partial charge in [-0.1, -0.05) is 105 Å². The maximum absolute atomic E-state index is 9.23. The molecule has 0 saturated heterocycles. The maximum atomic E-state index is 9.23. The van der Waals surface area contributed by atoms with Gasteiger partial charge >= 0.3 is 7.12 Å². The fraction of sp³-hybridized carbons (Fsp3) is 0.286. The van der Waals surface area contributed by atoms with Crippen molar-refractivity contribution in [2.75, 3.05) is 6.61 Å². The first-order valence-corrected chi connectivity index (χ1v) is 13.4. The minimum atomic E-state index is -2.50. The second-order valence-corrected chi connectivity index (χ2v) is 14.1. The SMILES string of the molecule is CC(C)(C)[Si](OCC1CC1C#Cc1ccc(B(O)O)cc1)(c1ccccc1)c1ccccc1. The lowest BCUT2D eigenvalue weighted by Crippen LogP contribution is -2.66. The molecule has 33 heavy (non-hydrogen) atoms. The summed E-state index contributed by atoms with van der Waals surface area (Å²) < 4.78 is 7.03. The largest absolute Gasteiger partial charge is 0.488 e. The second kappa shape index (κ2) is 9.71. The monoisotopic (exact) mass is 454 g/mol. The summed E-state index contributed by atoms with van der Waals surface area (Å²) in [5.41, 5.74) is 1.36. The van der Waals surface area contributed by atoms with Gasteiger partial charge in [-0.3, -0.25) is 0 Å². The molecule has 1 aliphatic carbocycles. The van der Waals surface area contributed by atoms with Gasteiger partial charge in [0.2, 0.25) is 0 Å². The first kappa shape index (κ1) is 23.5. The zero-order chi connectivity index (χ0) is 23.5. The number of hydrogen-bond acceptors (Lipinski definition) is 3. The van der Waals surface area contributed by atoms with Crippen molar-refractivity contribution in [3.05, 3.63) is 90.5 Å². The Balaban J connectivity index is 1.52. The van der Waals surface area contributed by atoms with Crippen LogP contribution >= 0.6 is 0 Å². The van der Waals surface area contributed by atoms with Crippen molar-refractivity contribution in [2.45, 2.75) is 32.2 Å². The molecule has 0 spiro atoms. The Morgan fingerprint density at radius 1 is 0.879 bits per heavy atom. The van der Waals surface area contributed by atoms with Crippen molar-refractivity contribution in [3.8, 4) is 11.8 Å². The summed E-state index contributed by atoms with van der Waals surface area (Å²) in [6.07, 6.45) is 1.05. The Kier molecular flexibility index (Phi) is 6.92. The minimum Gasteiger partial charge on any atom is -0.423 e. The number of benzene rings is 3. The fourth-order valence-corrected chi connectivity index (χ4v) is 9.14. The van der Waals surface area contributed by atoms with Crippen molar-refractivity contribution >= 4 is 31.3 Å². The highest BCUT2D eigenvalue weighted by atomic mass is 28.4. The average molecular weight is 454 g/mol. The van der Waals surface area contributed by atoms with E-state index in [1.807, 2.05) is 12.1 Å². The standard InChI is InChI=1S/C28H31BO3Si/c1-28(2,3)33(26-10-6-4-7-11-26,27-12-8-5-9-13-27)32-21-24-20-23(24)17-14-22-15-18-25(19-16-22)29(30)31/h4-13,15-16,18-19,23-24,30-31H,20-21H2,1-3H3. The first-order valence-electron chi connectivity index (χ1n) is 11.5.